The average Bonchev–Trinajstić information content (AvgIpc) is 2.29. The van der Waals surface area contributed by atoms with E-state index < -0.39 is 0 Å². The number of halogens is 2. The largest absolute Gasteiger partial charge is 0.377 e. The number of hydrogen-bond acceptors (Lipinski definition) is 2. The molecule has 0 amide bonds. The lowest BCUT2D eigenvalue weighted by molar-refractivity contribution is 0.0616. The smallest absolute Gasteiger partial charge is 0.0626 e. The van der Waals surface area contributed by atoms with Gasteiger partial charge in [0.1, 0.15) is 0 Å². The van der Waals surface area contributed by atoms with Crippen LogP contribution in [0.25, 0.3) is 0 Å². The fourth-order valence-corrected chi connectivity index (χ4v) is 2.23. The van der Waals surface area contributed by atoms with Crippen LogP contribution in [0, 0.1) is 0 Å². The van der Waals surface area contributed by atoms with Crippen LogP contribution in [0.2, 0.25) is 10.0 Å². The molecule has 1 rings (SSSR count). The van der Waals surface area contributed by atoms with E-state index in [-0.39, 0.29) is 12.1 Å². The van der Waals surface area contributed by atoms with Gasteiger partial charge in [0, 0.05) is 16.1 Å². The van der Waals surface area contributed by atoms with E-state index in [1.807, 2.05) is 26.0 Å². The van der Waals surface area contributed by atoms with Crippen LogP contribution in [0.4, 0.5) is 0 Å². The van der Waals surface area contributed by atoms with Crippen molar-refractivity contribution in [2.45, 2.75) is 39.3 Å². The first-order chi connectivity index (χ1) is 8.52. The minimum atomic E-state index is 0.242. The third kappa shape index (κ3) is 5.57. The van der Waals surface area contributed by atoms with Crippen LogP contribution in [0.1, 0.15) is 26.3 Å². The summed E-state index contributed by atoms with van der Waals surface area (Å²) in [4.78, 5) is 0. The minimum Gasteiger partial charge on any atom is -0.377 e. The SMILES string of the molecule is CCNC(COC(C)C)Cc1ccc(Cl)cc1Cl. The minimum absolute atomic E-state index is 0.242. The Kier molecular flexibility index (Phi) is 7.02. The molecule has 0 heterocycles. The predicted molar refractivity (Wildman–Crippen MR) is 78.7 cm³/mol. The van der Waals surface area contributed by atoms with Gasteiger partial charge in [-0.1, -0.05) is 36.2 Å². The maximum absolute atomic E-state index is 6.18. The molecule has 1 atom stereocenters. The molecular weight excluding hydrogens is 269 g/mol. The Hall–Kier alpha value is -0.280. The molecule has 1 unspecified atom stereocenters. The predicted octanol–water partition coefficient (Wildman–Crippen LogP) is 3.94. The van der Waals surface area contributed by atoms with E-state index in [4.69, 9.17) is 27.9 Å². The van der Waals surface area contributed by atoms with Gasteiger partial charge in [0.25, 0.3) is 0 Å². The first-order valence-electron chi connectivity index (χ1n) is 6.31. The van der Waals surface area contributed by atoms with E-state index in [1.54, 1.807) is 6.07 Å². The van der Waals surface area contributed by atoms with Crippen LogP contribution in [-0.2, 0) is 11.2 Å². The zero-order valence-electron chi connectivity index (χ0n) is 11.2. The Morgan fingerprint density at radius 3 is 2.56 bits per heavy atom. The molecule has 0 radical (unpaired) electrons. The summed E-state index contributed by atoms with van der Waals surface area (Å²) in [6.45, 7) is 7.77. The molecule has 0 spiro atoms. The molecule has 4 heteroatoms. The Bertz CT molecular complexity index is 369. The summed E-state index contributed by atoms with van der Waals surface area (Å²) in [7, 11) is 0. The molecule has 1 aromatic rings. The van der Waals surface area contributed by atoms with Crippen molar-refractivity contribution >= 4 is 23.2 Å². The molecule has 0 aromatic heterocycles. The first-order valence-corrected chi connectivity index (χ1v) is 7.07. The summed E-state index contributed by atoms with van der Waals surface area (Å²) in [6, 6.07) is 5.90. The lowest BCUT2D eigenvalue weighted by atomic mass is 10.1. The lowest BCUT2D eigenvalue weighted by Gasteiger charge is -2.20. The lowest BCUT2D eigenvalue weighted by Crippen LogP contribution is -2.36. The molecule has 0 fully saturated rings. The van der Waals surface area contributed by atoms with Gasteiger partial charge < -0.3 is 10.1 Å². The van der Waals surface area contributed by atoms with Crippen LogP contribution >= 0.6 is 23.2 Å². The molecule has 0 bridgehead atoms. The second kappa shape index (κ2) is 8.00. The molecular formula is C14H21Cl2NO. The van der Waals surface area contributed by atoms with E-state index in [2.05, 4.69) is 12.2 Å². The standard InChI is InChI=1S/C14H21Cl2NO/c1-4-17-13(9-18-10(2)3)7-11-5-6-12(15)8-14(11)16/h5-6,8,10,13,17H,4,7,9H2,1-3H3. The molecule has 0 saturated carbocycles. The summed E-state index contributed by atoms with van der Waals surface area (Å²) >= 11 is 12.1. The van der Waals surface area contributed by atoms with Gasteiger partial charge in [0.05, 0.1) is 12.7 Å². The van der Waals surface area contributed by atoms with Gasteiger partial charge in [-0.05, 0) is 44.5 Å². The van der Waals surface area contributed by atoms with Crippen molar-refractivity contribution in [3.63, 3.8) is 0 Å². The number of nitrogens with one attached hydrogen (secondary N) is 1. The van der Waals surface area contributed by atoms with Gasteiger partial charge in [-0.15, -0.1) is 0 Å². The van der Waals surface area contributed by atoms with Crippen LogP contribution in [0.15, 0.2) is 18.2 Å². The maximum Gasteiger partial charge on any atom is 0.0626 e. The van der Waals surface area contributed by atoms with Gasteiger partial charge in [-0.2, -0.15) is 0 Å². The van der Waals surface area contributed by atoms with E-state index in [9.17, 15) is 0 Å². The average molecular weight is 290 g/mol. The van der Waals surface area contributed by atoms with Crippen LogP contribution in [-0.4, -0.2) is 25.3 Å². The van der Waals surface area contributed by atoms with Gasteiger partial charge in [0.2, 0.25) is 0 Å². The molecule has 1 aromatic carbocycles. The molecule has 0 saturated heterocycles. The van der Waals surface area contributed by atoms with Crippen molar-refractivity contribution in [3.8, 4) is 0 Å². The topological polar surface area (TPSA) is 21.3 Å². The van der Waals surface area contributed by atoms with Crippen molar-refractivity contribution in [2.75, 3.05) is 13.2 Å². The maximum atomic E-state index is 6.18. The quantitative estimate of drug-likeness (QED) is 0.821. The Morgan fingerprint density at radius 1 is 1.28 bits per heavy atom. The van der Waals surface area contributed by atoms with Crippen molar-refractivity contribution < 1.29 is 4.74 Å². The normalized spacial score (nSPS) is 13.0. The second-order valence-corrected chi connectivity index (χ2v) is 5.42. The fourth-order valence-electron chi connectivity index (χ4n) is 1.74. The van der Waals surface area contributed by atoms with E-state index >= 15 is 0 Å². The third-order valence-corrected chi connectivity index (χ3v) is 3.19. The summed E-state index contributed by atoms with van der Waals surface area (Å²) < 4.78 is 5.66. The van der Waals surface area contributed by atoms with E-state index in [0.29, 0.717) is 11.6 Å². The Balaban J connectivity index is 2.64. The van der Waals surface area contributed by atoms with E-state index in [1.165, 1.54) is 0 Å². The molecule has 0 aliphatic carbocycles. The Labute approximate surface area is 120 Å². The molecule has 0 aliphatic heterocycles. The van der Waals surface area contributed by atoms with Gasteiger partial charge >= 0.3 is 0 Å². The highest BCUT2D eigenvalue weighted by Crippen LogP contribution is 2.22. The fraction of sp³-hybridized carbons (Fsp3) is 0.571. The van der Waals surface area contributed by atoms with Gasteiger partial charge in [-0.3, -0.25) is 0 Å². The number of ether oxygens (including phenoxy) is 1. The molecule has 1 N–H and O–H groups in total. The van der Waals surface area contributed by atoms with Crippen LogP contribution in [0.5, 0.6) is 0 Å². The number of hydrogen-bond donors (Lipinski definition) is 1. The summed E-state index contributed by atoms with van der Waals surface area (Å²) in [5, 5.41) is 4.80. The highest BCUT2D eigenvalue weighted by Gasteiger charge is 2.12. The van der Waals surface area contributed by atoms with Crippen molar-refractivity contribution in [3.05, 3.63) is 33.8 Å². The second-order valence-electron chi connectivity index (χ2n) is 4.58. The number of rotatable bonds is 7. The highest BCUT2D eigenvalue weighted by molar-refractivity contribution is 6.35. The highest BCUT2D eigenvalue weighted by atomic mass is 35.5. The monoisotopic (exact) mass is 289 g/mol. The molecule has 102 valence electrons. The number of likely N-dealkylation sites (N-methyl/N-ethyl adjacent to an activating group) is 1. The molecule has 18 heavy (non-hydrogen) atoms. The summed E-state index contributed by atoms with van der Waals surface area (Å²) in [5.41, 5.74) is 1.10. The third-order valence-electron chi connectivity index (χ3n) is 2.60. The zero-order chi connectivity index (χ0) is 13.5. The van der Waals surface area contributed by atoms with Crippen molar-refractivity contribution in [1.82, 2.24) is 5.32 Å². The van der Waals surface area contributed by atoms with Crippen LogP contribution < -0.4 is 5.32 Å². The van der Waals surface area contributed by atoms with Crippen molar-refractivity contribution in [1.29, 1.82) is 0 Å². The molecule has 2 nitrogen and oxygen atoms in total. The van der Waals surface area contributed by atoms with Gasteiger partial charge in [0.15, 0.2) is 0 Å². The van der Waals surface area contributed by atoms with E-state index in [0.717, 1.165) is 23.6 Å². The van der Waals surface area contributed by atoms with Crippen molar-refractivity contribution in [2.24, 2.45) is 0 Å². The number of benzene rings is 1. The Morgan fingerprint density at radius 2 is 2.00 bits per heavy atom. The first kappa shape index (κ1) is 15.8. The van der Waals surface area contributed by atoms with Crippen LogP contribution in [0.3, 0.4) is 0 Å². The molecule has 0 aliphatic rings. The summed E-state index contributed by atoms with van der Waals surface area (Å²) in [6.07, 6.45) is 1.09. The van der Waals surface area contributed by atoms with Gasteiger partial charge in [-0.25, -0.2) is 0 Å². The zero-order valence-corrected chi connectivity index (χ0v) is 12.7. The summed E-state index contributed by atoms with van der Waals surface area (Å²) in [5.74, 6) is 0.